The van der Waals surface area contributed by atoms with Gasteiger partial charge in [0.15, 0.2) is 0 Å². The third-order valence-electron chi connectivity index (χ3n) is 4.92. The molecule has 2 aromatic carbocycles. The monoisotopic (exact) mass is 436 g/mol. The van der Waals surface area contributed by atoms with Crippen molar-refractivity contribution in [1.29, 1.82) is 0 Å². The number of hydrogen-bond donors (Lipinski definition) is 2. The van der Waals surface area contributed by atoms with Crippen LogP contribution in [0, 0.1) is 11.8 Å². The Balaban J connectivity index is 2.14. The SMILES string of the molecule is CC(C)CCNC(=O)C(=Cc1cccc(OCc2ccccc2)c1)C(=O)NCCC(C)C. The minimum Gasteiger partial charge on any atom is -0.489 e. The van der Waals surface area contributed by atoms with E-state index < -0.39 is 0 Å². The molecular formula is C27H36N2O3. The highest BCUT2D eigenvalue weighted by Crippen LogP contribution is 2.18. The van der Waals surface area contributed by atoms with Crippen molar-refractivity contribution >= 4 is 17.9 Å². The molecule has 0 bridgehead atoms. The van der Waals surface area contributed by atoms with E-state index in [0.29, 0.717) is 37.3 Å². The zero-order valence-corrected chi connectivity index (χ0v) is 19.7. The van der Waals surface area contributed by atoms with Gasteiger partial charge < -0.3 is 15.4 Å². The van der Waals surface area contributed by atoms with Crippen LogP contribution in [0.5, 0.6) is 5.75 Å². The number of amides is 2. The third kappa shape index (κ3) is 9.38. The molecule has 0 saturated heterocycles. The van der Waals surface area contributed by atoms with E-state index in [9.17, 15) is 9.59 Å². The van der Waals surface area contributed by atoms with Gasteiger partial charge in [-0.1, -0.05) is 70.2 Å². The molecule has 32 heavy (non-hydrogen) atoms. The van der Waals surface area contributed by atoms with Gasteiger partial charge in [0.2, 0.25) is 0 Å². The first-order valence-corrected chi connectivity index (χ1v) is 11.4. The molecule has 2 aromatic rings. The third-order valence-corrected chi connectivity index (χ3v) is 4.92. The van der Waals surface area contributed by atoms with E-state index in [1.807, 2.05) is 54.6 Å². The number of rotatable bonds is 12. The van der Waals surface area contributed by atoms with Gasteiger partial charge in [-0.3, -0.25) is 9.59 Å². The molecule has 0 unspecified atom stereocenters. The summed E-state index contributed by atoms with van der Waals surface area (Å²) in [6.07, 6.45) is 3.35. The van der Waals surface area contributed by atoms with Crippen LogP contribution in [0.4, 0.5) is 0 Å². The maximum atomic E-state index is 12.8. The van der Waals surface area contributed by atoms with Crippen molar-refractivity contribution < 1.29 is 14.3 Å². The number of carbonyl (C=O) groups is 2. The van der Waals surface area contributed by atoms with Gasteiger partial charge in [-0.25, -0.2) is 0 Å². The number of nitrogens with one attached hydrogen (secondary N) is 2. The first kappa shape index (κ1) is 25.2. The van der Waals surface area contributed by atoms with Gasteiger partial charge >= 0.3 is 0 Å². The Morgan fingerprint density at radius 1 is 0.844 bits per heavy atom. The number of carbonyl (C=O) groups excluding carboxylic acids is 2. The fourth-order valence-electron chi connectivity index (χ4n) is 2.98. The molecule has 2 amide bonds. The molecular weight excluding hydrogens is 400 g/mol. The normalized spacial score (nSPS) is 10.7. The van der Waals surface area contributed by atoms with Gasteiger partial charge in [-0.05, 0) is 54.0 Å². The summed E-state index contributed by atoms with van der Waals surface area (Å²) in [5.41, 5.74) is 1.92. The Labute approximate surface area is 192 Å². The Hall–Kier alpha value is -3.08. The molecule has 172 valence electrons. The van der Waals surface area contributed by atoms with Gasteiger partial charge in [0, 0.05) is 13.1 Å². The lowest BCUT2D eigenvalue weighted by Crippen LogP contribution is -2.36. The zero-order chi connectivity index (χ0) is 23.3. The molecule has 0 fully saturated rings. The van der Waals surface area contributed by atoms with E-state index in [4.69, 9.17) is 4.74 Å². The minimum atomic E-state index is -0.358. The summed E-state index contributed by atoms with van der Waals surface area (Å²) < 4.78 is 5.89. The first-order valence-electron chi connectivity index (χ1n) is 11.4. The lowest BCUT2D eigenvalue weighted by Gasteiger charge is -2.12. The standard InChI is InChI=1S/C27H36N2O3/c1-20(2)13-15-28-26(30)25(27(31)29-16-14-21(3)4)18-23-11-8-12-24(17-23)32-19-22-9-6-5-7-10-22/h5-12,17-18,20-21H,13-16,19H2,1-4H3,(H,28,30)(H,29,31). The van der Waals surface area contributed by atoms with E-state index in [0.717, 1.165) is 24.0 Å². The van der Waals surface area contributed by atoms with Gasteiger partial charge in [0.1, 0.15) is 17.9 Å². The van der Waals surface area contributed by atoms with Gasteiger partial charge in [-0.15, -0.1) is 0 Å². The highest BCUT2D eigenvalue weighted by atomic mass is 16.5. The number of ether oxygens (including phenoxy) is 1. The van der Waals surface area contributed by atoms with Crippen LogP contribution in [0.15, 0.2) is 60.2 Å². The Morgan fingerprint density at radius 2 is 1.44 bits per heavy atom. The lowest BCUT2D eigenvalue weighted by molar-refractivity contribution is -0.123. The fourth-order valence-corrected chi connectivity index (χ4v) is 2.98. The quantitative estimate of drug-likeness (QED) is 0.280. The molecule has 0 heterocycles. The summed E-state index contributed by atoms with van der Waals surface area (Å²) >= 11 is 0. The van der Waals surface area contributed by atoms with Crippen LogP contribution in [-0.2, 0) is 16.2 Å². The fraction of sp³-hybridized carbons (Fsp3) is 0.407. The molecule has 2 rings (SSSR count). The smallest absolute Gasteiger partial charge is 0.256 e. The van der Waals surface area contributed by atoms with Crippen LogP contribution in [0.3, 0.4) is 0 Å². The Morgan fingerprint density at radius 3 is 2.00 bits per heavy atom. The van der Waals surface area contributed by atoms with E-state index in [-0.39, 0.29) is 17.4 Å². The Bertz CT molecular complexity index is 861. The summed E-state index contributed by atoms with van der Waals surface area (Å²) in [4.78, 5) is 25.6. The van der Waals surface area contributed by atoms with E-state index in [1.54, 1.807) is 6.08 Å². The average Bonchev–Trinajstić information content (AvgIpc) is 2.76. The van der Waals surface area contributed by atoms with Crippen molar-refractivity contribution in [1.82, 2.24) is 10.6 Å². The molecule has 0 aliphatic rings. The summed E-state index contributed by atoms with van der Waals surface area (Å²) in [5.74, 6) is 0.913. The second-order valence-electron chi connectivity index (χ2n) is 8.78. The van der Waals surface area contributed by atoms with Gasteiger partial charge in [0.05, 0.1) is 0 Å². The molecule has 0 aliphatic heterocycles. The molecule has 0 radical (unpaired) electrons. The molecule has 0 aromatic heterocycles. The average molecular weight is 437 g/mol. The summed E-state index contributed by atoms with van der Waals surface area (Å²) in [6.45, 7) is 9.92. The molecule has 0 saturated carbocycles. The molecule has 5 nitrogen and oxygen atoms in total. The molecule has 5 heteroatoms. The second-order valence-corrected chi connectivity index (χ2v) is 8.78. The number of hydrogen-bond acceptors (Lipinski definition) is 3. The largest absolute Gasteiger partial charge is 0.489 e. The van der Waals surface area contributed by atoms with Crippen LogP contribution in [0.25, 0.3) is 6.08 Å². The highest BCUT2D eigenvalue weighted by molar-refractivity contribution is 6.21. The molecule has 2 N–H and O–H groups in total. The maximum absolute atomic E-state index is 12.8. The Kier molecular flexibility index (Phi) is 10.5. The van der Waals surface area contributed by atoms with Crippen LogP contribution in [-0.4, -0.2) is 24.9 Å². The van der Waals surface area contributed by atoms with Crippen LogP contribution >= 0.6 is 0 Å². The number of benzene rings is 2. The highest BCUT2D eigenvalue weighted by Gasteiger charge is 2.18. The van der Waals surface area contributed by atoms with E-state index in [2.05, 4.69) is 38.3 Å². The van der Waals surface area contributed by atoms with E-state index >= 15 is 0 Å². The summed E-state index contributed by atoms with van der Waals surface area (Å²) in [6, 6.07) is 17.3. The lowest BCUT2D eigenvalue weighted by atomic mass is 10.1. The molecule has 0 atom stereocenters. The van der Waals surface area contributed by atoms with Crippen molar-refractivity contribution in [3.05, 3.63) is 71.3 Å². The van der Waals surface area contributed by atoms with E-state index in [1.165, 1.54) is 0 Å². The predicted octanol–water partition coefficient (Wildman–Crippen LogP) is 4.97. The zero-order valence-electron chi connectivity index (χ0n) is 19.7. The van der Waals surface area contributed by atoms with Gasteiger partial charge in [0.25, 0.3) is 11.8 Å². The van der Waals surface area contributed by atoms with Crippen molar-refractivity contribution in [2.75, 3.05) is 13.1 Å². The van der Waals surface area contributed by atoms with Crippen molar-refractivity contribution in [3.63, 3.8) is 0 Å². The first-order chi connectivity index (χ1) is 15.3. The summed E-state index contributed by atoms with van der Waals surface area (Å²) in [5, 5.41) is 5.75. The maximum Gasteiger partial charge on any atom is 0.256 e. The molecule has 0 aliphatic carbocycles. The van der Waals surface area contributed by atoms with Crippen molar-refractivity contribution in [2.45, 2.75) is 47.1 Å². The van der Waals surface area contributed by atoms with Crippen LogP contribution in [0.2, 0.25) is 0 Å². The topological polar surface area (TPSA) is 67.4 Å². The van der Waals surface area contributed by atoms with Crippen LogP contribution < -0.4 is 15.4 Å². The predicted molar refractivity (Wildman–Crippen MR) is 130 cm³/mol. The minimum absolute atomic E-state index is 0.109. The second kappa shape index (κ2) is 13.4. The van der Waals surface area contributed by atoms with Crippen LogP contribution in [0.1, 0.15) is 51.7 Å². The van der Waals surface area contributed by atoms with Crippen molar-refractivity contribution in [2.24, 2.45) is 11.8 Å². The van der Waals surface area contributed by atoms with Crippen molar-refractivity contribution in [3.8, 4) is 5.75 Å². The van der Waals surface area contributed by atoms with Gasteiger partial charge in [-0.2, -0.15) is 0 Å². The summed E-state index contributed by atoms with van der Waals surface area (Å²) in [7, 11) is 0. The molecule has 0 spiro atoms.